The Kier molecular flexibility index (Phi) is 3.89. The molecule has 0 spiro atoms. The summed E-state index contributed by atoms with van der Waals surface area (Å²) in [6.07, 6.45) is 3.27. The van der Waals surface area contributed by atoms with E-state index < -0.39 is 0 Å². The van der Waals surface area contributed by atoms with Gasteiger partial charge in [-0.05, 0) is 6.07 Å². The Morgan fingerprint density at radius 2 is 2.16 bits per heavy atom. The van der Waals surface area contributed by atoms with Gasteiger partial charge >= 0.3 is 0 Å². The van der Waals surface area contributed by atoms with Crippen molar-refractivity contribution in [3.05, 3.63) is 41.2 Å². The molecule has 0 bridgehead atoms. The molecular weight excluding hydrogens is 240 g/mol. The van der Waals surface area contributed by atoms with Crippen LogP contribution < -0.4 is 5.73 Å². The largest absolute Gasteiger partial charge is 0.382 e. The summed E-state index contributed by atoms with van der Waals surface area (Å²) >= 11 is 0. The van der Waals surface area contributed by atoms with Crippen LogP contribution in [0.3, 0.4) is 0 Å². The predicted octanol–water partition coefficient (Wildman–Crippen LogP) is 1.13. The molecular formula is C13H18N6. The molecule has 6 nitrogen and oxygen atoms in total. The third-order valence-corrected chi connectivity index (χ3v) is 2.89. The lowest BCUT2D eigenvalue weighted by atomic mass is 10.2. The van der Waals surface area contributed by atoms with Crippen molar-refractivity contribution in [2.75, 3.05) is 0 Å². The van der Waals surface area contributed by atoms with Crippen LogP contribution in [0.5, 0.6) is 0 Å². The van der Waals surface area contributed by atoms with Gasteiger partial charge in [0.05, 0.1) is 6.54 Å². The van der Waals surface area contributed by atoms with Crippen LogP contribution >= 0.6 is 0 Å². The van der Waals surface area contributed by atoms with Crippen molar-refractivity contribution in [3.8, 4) is 0 Å². The van der Waals surface area contributed by atoms with Gasteiger partial charge in [-0.25, -0.2) is 9.67 Å². The van der Waals surface area contributed by atoms with Gasteiger partial charge in [-0.2, -0.15) is 5.10 Å². The first-order valence-corrected chi connectivity index (χ1v) is 6.36. The lowest BCUT2D eigenvalue weighted by molar-refractivity contribution is 0.635. The van der Waals surface area contributed by atoms with Gasteiger partial charge < -0.3 is 5.73 Å². The molecule has 3 N–H and O–H groups in total. The Labute approximate surface area is 112 Å². The van der Waals surface area contributed by atoms with Gasteiger partial charge in [0.25, 0.3) is 0 Å². The molecule has 0 saturated carbocycles. The van der Waals surface area contributed by atoms with Crippen LogP contribution in [0.15, 0.2) is 18.3 Å². The first-order chi connectivity index (χ1) is 9.15. The molecule has 19 heavy (non-hydrogen) atoms. The minimum Gasteiger partial charge on any atom is -0.382 e. The molecule has 2 aromatic heterocycles. The quantitative estimate of drug-likeness (QED) is 0.621. The average molecular weight is 258 g/mol. The van der Waals surface area contributed by atoms with E-state index in [4.69, 9.17) is 11.1 Å². The van der Waals surface area contributed by atoms with Gasteiger partial charge in [0.2, 0.25) is 0 Å². The molecule has 0 saturated heterocycles. The molecule has 0 aromatic carbocycles. The van der Waals surface area contributed by atoms with Gasteiger partial charge in [-0.1, -0.05) is 19.9 Å². The SMILES string of the molecule is CCc1nc(CC)n(Cc2cccnc2C(=N)N)n1. The number of nitrogens with one attached hydrogen (secondary N) is 1. The van der Waals surface area contributed by atoms with Crippen molar-refractivity contribution in [2.24, 2.45) is 5.73 Å². The number of pyridine rings is 1. The number of rotatable bonds is 5. The van der Waals surface area contributed by atoms with E-state index in [-0.39, 0.29) is 5.84 Å². The number of amidine groups is 1. The molecule has 2 heterocycles. The molecule has 0 radical (unpaired) electrons. The average Bonchev–Trinajstić information content (AvgIpc) is 2.81. The Hall–Kier alpha value is -2.24. The first kappa shape index (κ1) is 13.2. The number of hydrogen-bond donors (Lipinski definition) is 2. The summed E-state index contributed by atoms with van der Waals surface area (Å²) in [7, 11) is 0. The standard InChI is InChI=1S/C13H18N6/c1-3-10-17-11(4-2)19(18-10)8-9-6-5-7-16-12(9)13(14)15/h5-7H,3-4,8H2,1-2H3,(H3,14,15). The molecule has 2 rings (SSSR count). The van der Waals surface area contributed by atoms with Crippen LogP contribution in [-0.2, 0) is 19.4 Å². The minimum absolute atomic E-state index is 0.0236. The van der Waals surface area contributed by atoms with Crippen molar-refractivity contribution in [3.63, 3.8) is 0 Å². The monoisotopic (exact) mass is 258 g/mol. The van der Waals surface area contributed by atoms with E-state index in [9.17, 15) is 0 Å². The molecule has 0 unspecified atom stereocenters. The minimum atomic E-state index is -0.0236. The topological polar surface area (TPSA) is 93.5 Å². The second-order valence-corrected chi connectivity index (χ2v) is 4.23. The third kappa shape index (κ3) is 2.78. The summed E-state index contributed by atoms with van der Waals surface area (Å²) in [6, 6.07) is 3.75. The Balaban J connectivity index is 2.35. The number of hydrogen-bond acceptors (Lipinski definition) is 4. The summed E-state index contributed by atoms with van der Waals surface area (Å²) in [4.78, 5) is 8.61. The van der Waals surface area contributed by atoms with Crippen molar-refractivity contribution in [2.45, 2.75) is 33.2 Å². The van der Waals surface area contributed by atoms with Crippen LogP contribution in [-0.4, -0.2) is 25.6 Å². The van der Waals surface area contributed by atoms with Gasteiger partial charge in [-0.3, -0.25) is 10.4 Å². The van der Waals surface area contributed by atoms with E-state index in [1.807, 2.05) is 23.7 Å². The van der Waals surface area contributed by atoms with Crippen molar-refractivity contribution in [1.29, 1.82) is 5.41 Å². The Morgan fingerprint density at radius 3 is 2.79 bits per heavy atom. The highest BCUT2D eigenvalue weighted by Gasteiger charge is 2.11. The molecule has 0 aliphatic heterocycles. The highest BCUT2D eigenvalue weighted by Crippen LogP contribution is 2.09. The molecule has 0 fully saturated rings. The zero-order valence-corrected chi connectivity index (χ0v) is 11.2. The predicted molar refractivity (Wildman–Crippen MR) is 73.1 cm³/mol. The molecule has 0 amide bonds. The van der Waals surface area contributed by atoms with Gasteiger partial charge in [-0.15, -0.1) is 0 Å². The second kappa shape index (κ2) is 5.60. The van der Waals surface area contributed by atoms with Crippen LogP contribution in [0.2, 0.25) is 0 Å². The molecule has 0 atom stereocenters. The van der Waals surface area contributed by atoms with Crippen LogP contribution in [0.4, 0.5) is 0 Å². The Morgan fingerprint density at radius 1 is 1.37 bits per heavy atom. The number of nitrogen functional groups attached to an aromatic ring is 1. The highest BCUT2D eigenvalue weighted by atomic mass is 15.3. The summed E-state index contributed by atoms with van der Waals surface area (Å²) in [5, 5.41) is 12.0. The zero-order chi connectivity index (χ0) is 13.8. The van der Waals surface area contributed by atoms with Crippen LogP contribution in [0.25, 0.3) is 0 Å². The fourth-order valence-corrected chi connectivity index (χ4v) is 1.93. The maximum Gasteiger partial charge on any atom is 0.150 e. The van der Waals surface area contributed by atoms with E-state index in [0.29, 0.717) is 12.2 Å². The molecule has 0 aliphatic rings. The smallest absolute Gasteiger partial charge is 0.150 e. The van der Waals surface area contributed by atoms with Crippen molar-refractivity contribution < 1.29 is 0 Å². The normalized spacial score (nSPS) is 10.6. The van der Waals surface area contributed by atoms with Gasteiger partial charge in [0, 0.05) is 24.6 Å². The van der Waals surface area contributed by atoms with E-state index >= 15 is 0 Å². The lowest BCUT2D eigenvalue weighted by Gasteiger charge is -2.08. The maximum absolute atomic E-state index is 7.55. The number of nitrogens with zero attached hydrogens (tertiary/aromatic N) is 4. The summed E-state index contributed by atoms with van der Waals surface area (Å²) in [5.74, 6) is 1.75. The fraction of sp³-hybridized carbons (Fsp3) is 0.385. The zero-order valence-electron chi connectivity index (χ0n) is 11.2. The number of aryl methyl sites for hydroxylation is 2. The first-order valence-electron chi connectivity index (χ1n) is 6.36. The second-order valence-electron chi connectivity index (χ2n) is 4.23. The van der Waals surface area contributed by atoms with Crippen molar-refractivity contribution >= 4 is 5.84 Å². The Bertz CT molecular complexity index is 587. The van der Waals surface area contributed by atoms with Gasteiger partial charge in [0.1, 0.15) is 17.4 Å². The third-order valence-electron chi connectivity index (χ3n) is 2.89. The van der Waals surface area contributed by atoms with Crippen molar-refractivity contribution in [1.82, 2.24) is 19.7 Å². The number of aromatic nitrogens is 4. The molecule has 100 valence electrons. The maximum atomic E-state index is 7.55. The van der Waals surface area contributed by atoms with Gasteiger partial charge in [0.15, 0.2) is 5.82 Å². The van der Waals surface area contributed by atoms with E-state index in [2.05, 4.69) is 22.0 Å². The van der Waals surface area contributed by atoms with Crippen LogP contribution in [0, 0.1) is 5.41 Å². The fourth-order valence-electron chi connectivity index (χ4n) is 1.93. The summed E-state index contributed by atoms with van der Waals surface area (Å²) < 4.78 is 1.86. The number of nitrogens with two attached hydrogens (primary N) is 1. The molecule has 2 aromatic rings. The summed E-state index contributed by atoms with van der Waals surface area (Å²) in [5.41, 5.74) is 6.94. The van der Waals surface area contributed by atoms with E-state index in [1.54, 1.807) is 6.20 Å². The summed E-state index contributed by atoms with van der Waals surface area (Å²) in [6.45, 7) is 4.62. The van der Waals surface area contributed by atoms with Crippen LogP contribution in [0.1, 0.15) is 36.8 Å². The lowest BCUT2D eigenvalue weighted by Crippen LogP contribution is -2.18. The van der Waals surface area contributed by atoms with E-state index in [1.165, 1.54) is 0 Å². The molecule has 6 heteroatoms. The molecule has 0 aliphatic carbocycles. The highest BCUT2D eigenvalue weighted by molar-refractivity contribution is 5.94. The van der Waals surface area contributed by atoms with E-state index in [0.717, 1.165) is 30.1 Å².